The van der Waals surface area contributed by atoms with Crippen LogP contribution in [-0.2, 0) is 4.74 Å². The Balaban J connectivity index is 1.80. The van der Waals surface area contributed by atoms with Gasteiger partial charge in [0.05, 0.1) is 0 Å². The number of nitrogens with zero attached hydrogens (tertiary/aromatic N) is 1. The highest BCUT2D eigenvalue weighted by Crippen LogP contribution is 2.40. The van der Waals surface area contributed by atoms with Gasteiger partial charge in [0.25, 0.3) is 0 Å². The molecular formula is C15H30N2O. The number of hydrogen-bond donors (Lipinski definition) is 1. The van der Waals surface area contributed by atoms with Crippen molar-refractivity contribution >= 4 is 0 Å². The van der Waals surface area contributed by atoms with Gasteiger partial charge in [-0.25, -0.2) is 0 Å². The Kier molecular flexibility index (Phi) is 5.05. The molecule has 3 nitrogen and oxygen atoms in total. The molecule has 1 N–H and O–H groups in total. The van der Waals surface area contributed by atoms with Crippen LogP contribution in [0.1, 0.15) is 46.5 Å². The molecule has 2 saturated heterocycles. The summed E-state index contributed by atoms with van der Waals surface area (Å²) in [4.78, 5) is 2.71. The molecule has 0 radical (unpaired) electrons. The largest absolute Gasteiger partial charge is 0.381 e. The molecule has 1 spiro atoms. The lowest BCUT2D eigenvalue weighted by Crippen LogP contribution is -2.40. The van der Waals surface area contributed by atoms with Crippen molar-refractivity contribution in [2.45, 2.75) is 58.5 Å². The maximum atomic E-state index is 5.52. The van der Waals surface area contributed by atoms with Crippen LogP contribution in [0.5, 0.6) is 0 Å². The lowest BCUT2D eigenvalue weighted by Gasteiger charge is -2.35. The summed E-state index contributed by atoms with van der Waals surface area (Å²) < 4.78 is 5.52. The van der Waals surface area contributed by atoms with E-state index in [-0.39, 0.29) is 0 Å². The number of likely N-dealkylation sites (tertiary alicyclic amines) is 1. The molecule has 0 aromatic carbocycles. The first-order chi connectivity index (χ1) is 8.65. The minimum atomic E-state index is 0.591. The zero-order chi connectivity index (χ0) is 13.0. The highest BCUT2D eigenvalue weighted by Gasteiger charge is 2.40. The van der Waals surface area contributed by atoms with Crippen molar-refractivity contribution in [2.24, 2.45) is 5.41 Å². The van der Waals surface area contributed by atoms with E-state index in [1.807, 2.05) is 0 Å². The van der Waals surface area contributed by atoms with Gasteiger partial charge in [-0.15, -0.1) is 0 Å². The van der Waals surface area contributed by atoms with E-state index in [1.54, 1.807) is 0 Å². The van der Waals surface area contributed by atoms with E-state index >= 15 is 0 Å². The van der Waals surface area contributed by atoms with Gasteiger partial charge in [-0.3, -0.25) is 0 Å². The second-order valence-corrected chi connectivity index (χ2v) is 6.38. The molecule has 18 heavy (non-hydrogen) atoms. The second kappa shape index (κ2) is 6.36. The zero-order valence-electron chi connectivity index (χ0n) is 12.4. The van der Waals surface area contributed by atoms with Crippen molar-refractivity contribution < 1.29 is 4.74 Å². The minimum Gasteiger partial charge on any atom is -0.381 e. The molecular weight excluding hydrogens is 224 g/mol. The Morgan fingerprint density at radius 2 is 1.94 bits per heavy atom. The van der Waals surface area contributed by atoms with Crippen molar-refractivity contribution in [1.29, 1.82) is 0 Å². The summed E-state index contributed by atoms with van der Waals surface area (Å²) in [6, 6.07) is 1.34. The van der Waals surface area contributed by atoms with E-state index in [2.05, 4.69) is 31.0 Å². The summed E-state index contributed by atoms with van der Waals surface area (Å²) in [7, 11) is 0. The fourth-order valence-corrected chi connectivity index (χ4v) is 3.65. The number of rotatable bonds is 5. The fraction of sp³-hybridized carbons (Fsp3) is 1.00. The van der Waals surface area contributed by atoms with Crippen LogP contribution in [0.2, 0.25) is 0 Å². The number of hydrogen-bond acceptors (Lipinski definition) is 3. The lowest BCUT2D eigenvalue weighted by atomic mass is 9.79. The quantitative estimate of drug-likeness (QED) is 0.814. The Hall–Kier alpha value is -0.120. The van der Waals surface area contributed by atoms with Gasteiger partial charge in [-0.2, -0.15) is 0 Å². The van der Waals surface area contributed by atoms with Gasteiger partial charge in [0, 0.05) is 31.8 Å². The van der Waals surface area contributed by atoms with E-state index in [4.69, 9.17) is 4.74 Å². The zero-order valence-corrected chi connectivity index (χ0v) is 12.4. The third-order valence-electron chi connectivity index (χ3n) is 4.89. The van der Waals surface area contributed by atoms with Gasteiger partial charge in [-0.05, 0) is 58.0 Å². The predicted molar refractivity (Wildman–Crippen MR) is 75.9 cm³/mol. The van der Waals surface area contributed by atoms with Crippen LogP contribution >= 0.6 is 0 Å². The molecule has 2 fully saturated rings. The topological polar surface area (TPSA) is 24.5 Å². The van der Waals surface area contributed by atoms with E-state index in [0.29, 0.717) is 17.5 Å². The average molecular weight is 254 g/mol. The van der Waals surface area contributed by atoms with Crippen LogP contribution in [0.3, 0.4) is 0 Å². The summed E-state index contributed by atoms with van der Waals surface area (Å²) in [5.41, 5.74) is 0.591. The van der Waals surface area contributed by atoms with E-state index in [9.17, 15) is 0 Å². The summed E-state index contributed by atoms with van der Waals surface area (Å²) in [5, 5.41) is 3.52. The molecule has 106 valence electrons. The smallest absolute Gasteiger partial charge is 0.0471 e. The molecule has 0 aromatic rings. The SMILES string of the molecule is CCNC(C)CC(C)N1CCC2(CCOCC2)C1. The second-order valence-electron chi connectivity index (χ2n) is 6.38. The predicted octanol–water partition coefficient (Wildman–Crippen LogP) is 2.27. The maximum absolute atomic E-state index is 5.52. The summed E-state index contributed by atoms with van der Waals surface area (Å²) in [5.74, 6) is 0. The van der Waals surface area contributed by atoms with E-state index < -0.39 is 0 Å². The third-order valence-corrected chi connectivity index (χ3v) is 4.89. The Morgan fingerprint density at radius 3 is 2.61 bits per heavy atom. The van der Waals surface area contributed by atoms with Crippen molar-refractivity contribution in [2.75, 3.05) is 32.8 Å². The van der Waals surface area contributed by atoms with Crippen LogP contribution in [0.4, 0.5) is 0 Å². The molecule has 3 heteroatoms. The van der Waals surface area contributed by atoms with Crippen LogP contribution < -0.4 is 5.32 Å². The molecule has 2 rings (SSSR count). The van der Waals surface area contributed by atoms with E-state index in [1.165, 1.54) is 38.8 Å². The molecule has 0 amide bonds. The van der Waals surface area contributed by atoms with Gasteiger partial charge in [0.15, 0.2) is 0 Å². The van der Waals surface area contributed by atoms with E-state index in [0.717, 1.165) is 19.8 Å². The van der Waals surface area contributed by atoms with Gasteiger partial charge >= 0.3 is 0 Å². The van der Waals surface area contributed by atoms with Crippen LogP contribution in [0, 0.1) is 5.41 Å². The summed E-state index contributed by atoms with van der Waals surface area (Å²) in [6.07, 6.45) is 5.20. The Morgan fingerprint density at radius 1 is 1.22 bits per heavy atom. The third kappa shape index (κ3) is 3.46. The van der Waals surface area contributed by atoms with Crippen molar-refractivity contribution in [3.05, 3.63) is 0 Å². The first kappa shape index (κ1) is 14.3. The molecule has 0 aromatic heterocycles. The average Bonchev–Trinajstić information content (AvgIpc) is 2.74. The molecule has 2 aliphatic rings. The number of ether oxygens (including phenoxy) is 1. The van der Waals surface area contributed by atoms with Crippen LogP contribution in [-0.4, -0.2) is 49.8 Å². The molecule has 0 bridgehead atoms. The van der Waals surface area contributed by atoms with Crippen molar-refractivity contribution in [3.63, 3.8) is 0 Å². The standard InChI is InChI=1S/C15H30N2O/c1-4-16-13(2)11-14(3)17-8-5-15(12-17)6-9-18-10-7-15/h13-14,16H,4-12H2,1-3H3. The van der Waals surface area contributed by atoms with Gasteiger partial charge in [-0.1, -0.05) is 6.92 Å². The van der Waals surface area contributed by atoms with Crippen molar-refractivity contribution in [3.8, 4) is 0 Å². The minimum absolute atomic E-state index is 0.591. The van der Waals surface area contributed by atoms with Crippen molar-refractivity contribution in [1.82, 2.24) is 10.2 Å². The first-order valence-electron chi connectivity index (χ1n) is 7.70. The van der Waals surface area contributed by atoms with Crippen LogP contribution in [0.25, 0.3) is 0 Å². The monoisotopic (exact) mass is 254 g/mol. The first-order valence-corrected chi connectivity index (χ1v) is 7.70. The van der Waals surface area contributed by atoms with Gasteiger partial charge < -0.3 is 15.0 Å². The summed E-state index contributed by atoms with van der Waals surface area (Å²) >= 11 is 0. The molecule has 2 unspecified atom stereocenters. The number of nitrogens with one attached hydrogen (secondary N) is 1. The molecule has 2 atom stereocenters. The molecule has 2 aliphatic heterocycles. The molecule has 0 saturated carbocycles. The lowest BCUT2D eigenvalue weighted by molar-refractivity contribution is 0.0171. The van der Waals surface area contributed by atoms with Gasteiger partial charge in [0.1, 0.15) is 0 Å². The Bertz CT molecular complexity index is 251. The molecule has 2 heterocycles. The highest BCUT2D eigenvalue weighted by molar-refractivity contribution is 4.93. The fourth-order valence-electron chi connectivity index (χ4n) is 3.65. The maximum Gasteiger partial charge on any atom is 0.0471 e. The summed E-state index contributed by atoms with van der Waals surface area (Å²) in [6.45, 7) is 12.5. The van der Waals surface area contributed by atoms with Gasteiger partial charge in [0.2, 0.25) is 0 Å². The highest BCUT2D eigenvalue weighted by atomic mass is 16.5. The molecule has 0 aliphatic carbocycles. The van der Waals surface area contributed by atoms with Crippen LogP contribution in [0.15, 0.2) is 0 Å². The normalized spacial score (nSPS) is 27.5. The Labute approximate surface area is 112 Å².